The number of methoxy groups -OCH3 is 2. The molecule has 0 radical (unpaired) electrons. The smallest absolute Gasteiger partial charge is 0.263 e. The molecule has 0 aliphatic carbocycles. The number of nitrogens with two attached hydrogens (primary N) is 1. The molecule has 3 N–H and O–H groups in total. The van der Waals surface area contributed by atoms with Crippen molar-refractivity contribution < 1.29 is 14.3 Å². The van der Waals surface area contributed by atoms with Gasteiger partial charge in [-0.1, -0.05) is 60.7 Å². The molecular weight excluding hydrogens is 544 g/mol. The standard InChI is InChI=1S/C34H34N4O3S/c1-40-25-13-14-29(41-2)26(19-25)27-20-28(23-11-7-4-8-12-23)37-34-30(27)31(35)32(42-34)33(39)36-24-15-17-38(18-16-24)21-22-9-5-3-6-10-22/h3-14,19-20,24H,15-18,21,35H2,1-2H3,(H,36,39). The number of carbonyl (C=O) groups is 1. The fourth-order valence-electron chi connectivity index (χ4n) is 5.61. The van der Waals surface area contributed by atoms with Crippen LogP contribution in [0.15, 0.2) is 84.9 Å². The number of rotatable bonds is 8. The molecule has 3 aromatic carbocycles. The molecule has 3 heterocycles. The highest BCUT2D eigenvalue weighted by molar-refractivity contribution is 7.21. The third-order valence-electron chi connectivity index (χ3n) is 7.84. The van der Waals surface area contributed by atoms with E-state index in [2.05, 4.69) is 34.5 Å². The number of likely N-dealkylation sites (tertiary alicyclic amines) is 1. The van der Waals surface area contributed by atoms with Crippen molar-refractivity contribution in [3.63, 3.8) is 0 Å². The highest BCUT2D eigenvalue weighted by Gasteiger charge is 2.26. The second-order valence-electron chi connectivity index (χ2n) is 10.5. The number of ether oxygens (including phenoxy) is 2. The first-order valence-corrected chi connectivity index (χ1v) is 14.9. The first-order chi connectivity index (χ1) is 20.5. The molecule has 0 bridgehead atoms. The van der Waals surface area contributed by atoms with E-state index in [9.17, 15) is 4.79 Å². The molecular formula is C34H34N4O3S. The number of carbonyl (C=O) groups excluding carboxylic acids is 1. The summed E-state index contributed by atoms with van der Waals surface area (Å²) in [6.45, 7) is 2.80. The number of benzene rings is 3. The molecule has 0 unspecified atom stereocenters. The number of anilines is 1. The zero-order valence-electron chi connectivity index (χ0n) is 23.8. The van der Waals surface area contributed by atoms with Crippen LogP contribution in [0.5, 0.6) is 11.5 Å². The van der Waals surface area contributed by atoms with Crippen molar-refractivity contribution in [2.45, 2.75) is 25.4 Å². The van der Waals surface area contributed by atoms with Gasteiger partial charge in [-0.2, -0.15) is 0 Å². The summed E-state index contributed by atoms with van der Waals surface area (Å²) in [6, 6.07) is 28.3. The molecule has 214 valence electrons. The first kappa shape index (κ1) is 27.8. The van der Waals surface area contributed by atoms with E-state index in [1.165, 1.54) is 16.9 Å². The molecule has 1 aliphatic rings. The predicted octanol–water partition coefficient (Wildman–Crippen LogP) is 6.62. The number of nitrogens with zero attached hydrogens (tertiary/aromatic N) is 2. The minimum absolute atomic E-state index is 0.0972. The van der Waals surface area contributed by atoms with Gasteiger partial charge in [0.15, 0.2) is 0 Å². The van der Waals surface area contributed by atoms with Crippen LogP contribution in [0.3, 0.4) is 0 Å². The molecule has 1 saturated heterocycles. The van der Waals surface area contributed by atoms with Crippen LogP contribution in [0.4, 0.5) is 5.69 Å². The summed E-state index contributed by atoms with van der Waals surface area (Å²) in [4.78, 5) is 22.2. The van der Waals surface area contributed by atoms with Crippen molar-refractivity contribution in [1.29, 1.82) is 0 Å². The average Bonchev–Trinajstić information content (AvgIpc) is 3.38. The Morgan fingerprint density at radius 2 is 1.67 bits per heavy atom. The maximum Gasteiger partial charge on any atom is 0.263 e. The summed E-state index contributed by atoms with van der Waals surface area (Å²) >= 11 is 1.33. The molecule has 1 fully saturated rings. The lowest BCUT2D eigenvalue weighted by Crippen LogP contribution is -2.44. The van der Waals surface area contributed by atoms with E-state index in [4.69, 9.17) is 20.2 Å². The molecule has 5 aromatic rings. The molecule has 2 aromatic heterocycles. The lowest BCUT2D eigenvalue weighted by molar-refractivity contribution is 0.0914. The Labute approximate surface area is 249 Å². The van der Waals surface area contributed by atoms with E-state index >= 15 is 0 Å². The van der Waals surface area contributed by atoms with Crippen molar-refractivity contribution in [2.75, 3.05) is 33.0 Å². The summed E-state index contributed by atoms with van der Waals surface area (Å²) in [5.41, 5.74) is 11.9. The maximum absolute atomic E-state index is 13.6. The molecule has 8 heteroatoms. The molecule has 7 nitrogen and oxygen atoms in total. The van der Waals surface area contributed by atoms with Gasteiger partial charge in [0.05, 0.1) is 25.6 Å². The number of pyridine rings is 1. The fourth-order valence-corrected chi connectivity index (χ4v) is 6.63. The summed E-state index contributed by atoms with van der Waals surface area (Å²) in [5.74, 6) is 1.23. The summed E-state index contributed by atoms with van der Waals surface area (Å²) in [6.07, 6.45) is 1.79. The quantitative estimate of drug-likeness (QED) is 0.215. The van der Waals surface area contributed by atoms with Crippen LogP contribution < -0.4 is 20.5 Å². The average molecular weight is 579 g/mol. The van der Waals surface area contributed by atoms with Gasteiger partial charge in [0, 0.05) is 47.8 Å². The number of piperidine rings is 1. The van der Waals surface area contributed by atoms with Crippen LogP contribution in [-0.2, 0) is 6.54 Å². The van der Waals surface area contributed by atoms with Gasteiger partial charge in [0.25, 0.3) is 5.91 Å². The van der Waals surface area contributed by atoms with Gasteiger partial charge in [-0.15, -0.1) is 11.3 Å². The molecule has 1 amide bonds. The summed E-state index contributed by atoms with van der Waals surface area (Å²) in [5, 5.41) is 4.00. The number of fused-ring (bicyclic) bond motifs is 1. The Kier molecular flexibility index (Phi) is 8.08. The van der Waals surface area contributed by atoms with Gasteiger partial charge in [-0.25, -0.2) is 4.98 Å². The summed E-state index contributed by atoms with van der Waals surface area (Å²) < 4.78 is 11.3. The zero-order chi connectivity index (χ0) is 29.1. The fraction of sp³-hybridized carbons (Fsp3) is 0.235. The van der Waals surface area contributed by atoms with Crippen LogP contribution >= 0.6 is 11.3 Å². The topological polar surface area (TPSA) is 89.7 Å². The Hall–Kier alpha value is -4.40. The first-order valence-electron chi connectivity index (χ1n) is 14.1. The maximum atomic E-state index is 13.6. The minimum atomic E-state index is -0.151. The molecule has 42 heavy (non-hydrogen) atoms. The molecule has 0 atom stereocenters. The van der Waals surface area contributed by atoms with Gasteiger partial charge < -0.3 is 20.5 Å². The van der Waals surface area contributed by atoms with Gasteiger partial charge >= 0.3 is 0 Å². The van der Waals surface area contributed by atoms with E-state index < -0.39 is 0 Å². The lowest BCUT2D eigenvalue weighted by Gasteiger charge is -2.32. The van der Waals surface area contributed by atoms with Gasteiger partial charge in [-0.3, -0.25) is 9.69 Å². The Morgan fingerprint density at radius 3 is 2.36 bits per heavy atom. The van der Waals surface area contributed by atoms with Gasteiger partial charge in [-0.05, 0) is 42.7 Å². The monoisotopic (exact) mass is 578 g/mol. The van der Waals surface area contributed by atoms with Crippen molar-refractivity contribution >= 4 is 33.1 Å². The van der Waals surface area contributed by atoms with Crippen LogP contribution in [0.2, 0.25) is 0 Å². The normalized spacial score (nSPS) is 14.1. The molecule has 6 rings (SSSR count). The highest BCUT2D eigenvalue weighted by atomic mass is 32.1. The number of aromatic nitrogens is 1. The third-order valence-corrected chi connectivity index (χ3v) is 8.94. The Morgan fingerprint density at radius 1 is 0.952 bits per heavy atom. The number of nitrogens with one attached hydrogen (secondary N) is 1. The van der Waals surface area contributed by atoms with E-state index in [1.54, 1.807) is 14.2 Å². The highest BCUT2D eigenvalue weighted by Crippen LogP contribution is 2.44. The van der Waals surface area contributed by atoms with Crippen LogP contribution in [0, 0.1) is 0 Å². The number of nitrogen functional groups attached to an aromatic ring is 1. The van der Waals surface area contributed by atoms with Crippen molar-refractivity contribution in [2.24, 2.45) is 0 Å². The van der Waals surface area contributed by atoms with Crippen LogP contribution in [0.1, 0.15) is 28.1 Å². The SMILES string of the molecule is COc1ccc(OC)c(-c2cc(-c3ccccc3)nc3sc(C(=O)NC4CCN(Cc5ccccc5)CC4)c(N)c23)c1. The largest absolute Gasteiger partial charge is 0.497 e. The second-order valence-corrected chi connectivity index (χ2v) is 11.5. The van der Waals surface area contributed by atoms with E-state index in [-0.39, 0.29) is 11.9 Å². The number of hydrogen-bond donors (Lipinski definition) is 2. The van der Waals surface area contributed by atoms with Gasteiger partial charge in [0.2, 0.25) is 0 Å². The van der Waals surface area contributed by atoms with E-state index in [0.717, 1.165) is 60.2 Å². The van der Waals surface area contributed by atoms with Crippen LogP contribution in [-0.4, -0.2) is 49.1 Å². The zero-order valence-corrected chi connectivity index (χ0v) is 24.6. The van der Waals surface area contributed by atoms with Crippen LogP contribution in [0.25, 0.3) is 32.6 Å². The van der Waals surface area contributed by atoms with Crippen molar-refractivity contribution in [1.82, 2.24) is 15.2 Å². The third kappa shape index (κ3) is 5.68. The second kappa shape index (κ2) is 12.2. The molecule has 1 aliphatic heterocycles. The van der Waals surface area contributed by atoms with Gasteiger partial charge in [0.1, 0.15) is 21.2 Å². The Bertz CT molecular complexity index is 1700. The number of hydrogen-bond acceptors (Lipinski definition) is 7. The van der Waals surface area contributed by atoms with E-state index in [1.807, 2.05) is 60.7 Å². The predicted molar refractivity (Wildman–Crippen MR) is 170 cm³/mol. The minimum Gasteiger partial charge on any atom is -0.497 e. The Balaban J connectivity index is 1.32. The number of thiophene rings is 1. The van der Waals surface area contributed by atoms with Crippen molar-refractivity contribution in [3.05, 3.63) is 95.4 Å². The number of amides is 1. The van der Waals surface area contributed by atoms with E-state index in [0.29, 0.717) is 26.9 Å². The summed E-state index contributed by atoms with van der Waals surface area (Å²) in [7, 11) is 3.28. The van der Waals surface area contributed by atoms with Crippen molar-refractivity contribution in [3.8, 4) is 33.9 Å². The molecule has 0 spiro atoms. The molecule has 0 saturated carbocycles. The lowest BCUT2D eigenvalue weighted by atomic mass is 9.98.